The van der Waals surface area contributed by atoms with E-state index in [1.165, 1.54) is 30.4 Å². The first kappa shape index (κ1) is 17.4. The molecule has 0 amide bonds. The second kappa shape index (κ2) is 7.99. The third kappa shape index (κ3) is 5.41. The second-order valence-electron chi connectivity index (χ2n) is 6.85. The zero-order valence-electron chi connectivity index (χ0n) is 14.1. The molecule has 1 atom stereocenters. The highest BCUT2D eigenvalue weighted by Crippen LogP contribution is 2.34. The standard InChI is InChI=1S/C18H31OSi/c1-7-8-9-14-17(19-20(5)6)15-12-10-11-13-16(15)18(2,3)4/h10-13,17H,7-9,14H2,1-6H3. The summed E-state index contributed by atoms with van der Waals surface area (Å²) in [6.07, 6.45) is 5.25. The average Bonchev–Trinajstić information content (AvgIpc) is 2.36. The van der Waals surface area contributed by atoms with Gasteiger partial charge in [-0.05, 0) is 36.1 Å². The summed E-state index contributed by atoms with van der Waals surface area (Å²) in [4.78, 5) is 0. The molecule has 20 heavy (non-hydrogen) atoms. The van der Waals surface area contributed by atoms with E-state index < -0.39 is 9.04 Å². The fraction of sp³-hybridized carbons (Fsp3) is 0.667. The Hall–Kier alpha value is -0.603. The highest BCUT2D eigenvalue weighted by molar-refractivity contribution is 6.48. The van der Waals surface area contributed by atoms with E-state index in [2.05, 4.69) is 65.1 Å². The molecule has 1 nitrogen and oxygen atoms in total. The molecular formula is C18H31OSi. The van der Waals surface area contributed by atoms with Crippen molar-refractivity contribution in [1.82, 2.24) is 0 Å². The maximum atomic E-state index is 6.32. The molecule has 0 bridgehead atoms. The molecular weight excluding hydrogens is 260 g/mol. The van der Waals surface area contributed by atoms with E-state index in [1.54, 1.807) is 0 Å². The van der Waals surface area contributed by atoms with Crippen molar-refractivity contribution in [3.63, 3.8) is 0 Å². The van der Waals surface area contributed by atoms with Gasteiger partial charge in [0.25, 0.3) is 0 Å². The summed E-state index contributed by atoms with van der Waals surface area (Å²) in [7, 11) is -0.678. The molecule has 1 unspecified atom stereocenters. The van der Waals surface area contributed by atoms with Crippen molar-refractivity contribution in [2.24, 2.45) is 0 Å². The summed E-state index contributed by atoms with van der Waals surface area (Å²) < 4.78 is 6.32. The Kier molecular flexibility index (Phi) is 6.97. The number of unbranched alkanes of at least 4 members (excludes halogenated alkanes) is 2. The van der Waals surface area contributed by atoms with Crippen LogP contribution in [-0.2, 0) is 9.84 Å². The first-order valence-electron chi connectivity index (χ1n) is 7.92. The van der Waals surface area contributed by atoms with E-state index >= 15 is 0 Å². The maximum Gasteiger partial charge on any atom is 0.205 e. The predicted molar refractivity (Wildman–Crippen MR) is 90.6 cm³/mol. The fourth-order valence-electron chi connectivity index (χ4n) is 2.60. The second-order valence-corrected chi connectivity index (χ2v) is 8.90. The van der Waals surface area contributed by atoms with Crippen LogP contribution in [0.3, 0.4) is 0 Å². The smallest absolute Gasteiger partial charge is 0.205 e. The Labute approximate surface area is 127 Å². The predicted octanol–water partition coefficient (Wildman–Crippen LogP) is 5.87. The molecule has 1 radical (unpaired) electrons. The molecule has 1 aromatic rings. The van der Waals surface area contributed by atoms with Crippen molar-refractivity contribution >= 4 is 9.04 Å². The SMILES string of the molecule is CCCCCC(O[Si](C)C)c1ccccc1C(C)(C)C. The summed E-state index contributed by atoms with van der Waals surface area (Å²) in [5.74, 6) is 0. The van der Waals surface area contributed by atoms with E-state index in [4.69, 9.17) is 4.43 Å². The van der Waals surface area contributed by atoms with Crippen LogP contribution in [0.15, 0.2) is 24.3 Å². The molecule has 0 aliphatic carbocycles. The van der Waals surface area contributed by atoms with Crippen molar-refractivity contribution in [2.45, 2.75) is 78.0 Å². The summed E-state index contributed by atoms with van der Waals surface area (Å²) in [6.45, 7) is 13.6. The van der Waals surface area contributed by atoms with Gasteiger partial charge < -0.3 is 4.43 Å². The lowest BCUT2D eigenvalue weighted by atomic mass is 9.81. The Bertz CT molecular complexity index is 393. The molecule has 0 fully saturated rings. The lowest BCUT2D eigenvalue weighted by Gasteiger charge is -2.29. The van der Waals surface area contributed by atoms with Crippen LogP contribution in [0.2, 0.25) is 13.1 Å². The third-order valence-corrected chi connectivity index (χ3v) is 4.32. The van der Waals surface area contributed by atoms with Crippen molar-refractivity contribution < 1.29 is 4.43 Å². The molecule has 2 heteroatoms. The first-order chi connectivity index (χ1) is 9.36. The number of benzene rings is 1. The molecule has 0 saturated carbocycles. The van der Waals surface area contributed by atoms with Crippen molar-refractivity contribution in [2.75, 3.05) is 0 Å². The van der Waals surface area contributed by atoms with Gasteiger partial charge in [-0.2, -0.15) is 0 Å². The van der Waals surface area contributed by atoms with Crippen LogP contribution < -0.4 is 0 Å². The van der Waals surface area contributed by atoms with Gasteiger partial charge in [-0.1, -0.05) is 71.2 Å². The minimum Gasteiger partial charge on any atom is -0.410 e. The van der Waals surface area contributed by atoms with E-state index in [1.807, 2.05) is 0 Å². The first-order valence-corrected chi connectivity index (χ1v) is 10.3. The lowest BCUT2D eigenvalue weighted by Crippen LogP contribution is -2.20. The molecule has 113 valence electrons. The van der Waals surface area contributed by atoms with Gasteiger partial charge in [-0.3, -0.25) is 0 Å². The van der Waals surface area contributed by atoms with Crippen LogP contribution in [-0.4, -0.2) is 9.04 Å². The number of hydrogen-bond donors (Lipinski definition) is 0. The molecule has 0 saturated heterocycles. The maximum absolute atomic E-state index is 6.32. The number of rotatable bonds is 7. The van der Waals surface area contributed by atoms with E-state index in [-0.39, 0.29) is 11.5 Å². The Balaban J connectivity index is 3.00. The quantitative estimate of drug-likeness (QED) is 0.450. The third-order valence-electron chi connectivity index (χ3n) is 3.56. The molecule has 0 aliphatic rings. The minimum atomic E-state index is -0.678. The number of hydrogen-bond acceptors (Lipinski definition) is 1. The van der Waals surface area contributed by atoms with Gasteiger partial charge in [0.2, 0.25) is 9.04 Å². The summed E-state index contributed by atoms with van der Waals surface area (Å²) in [5.41, 5.74) is 3.02. The van der Waals surface area contributed by atoms with Gasteiger partial charge in [0.05, 0.1) is 6.10 Å². The van der Waals surface area contributed by atoms with Crippen LogP contribution in [0.4, 0.5) is 0 Å². The van der Waals surface area contributed by atoms with Gasteiger partial charge in [-0.15, -0.1) is 0 Å². The lowest BCUT2D eigenvalue weighted by molar-refractivity contribution is 0.191. The zero-order chi connectivity index (χ0) is 15.2. The molecule has 1 aromatic carbocycles. The van der Waals surface area contributed by atoms with Gasteiger partial charge in [0.1, 0.15) is 0 Å². The minimum absolute atomic E-state index is 0.178. The van der Waals surface area contributed by atoms with Crippen LogP contribution in [0.5, 0.6) is 0 Å². The van der Waals surface area contributed by atoms with Gasteiger partial charge in [0.15, 0.2) is 0 Å². The van der Waals surface area contributed by atoms with Gasteiger partial charge in [-0.25, -0.2) is 0 Å². The molecule has 0 aliphatic heterocycles. The molecule has 0 aromatic heterocycles. The summed E-state index contributed by atoms with van der Waals surface area (Å²) in [6, 6.07) is 8.83. The van der Waals surface area contributed by atoms with Gasteiger partial charge >= 0.3 is 0 Å². The van der Waals surface area contributed by atoms with Crippen LogP contribution in [0.25, 0.3) is 0 Å². The highest BCUT2D eigenvalue weighted by atomic mass is 28.3. The Morgan fingerprint density at radius 3 is 2.30 bits per heavy atom. The molecule has 1 rings (SSSR count). The van der Waals surface area contributed by atoms with Crippen molar-refractivity contribution in [3.8, 4) is 0 Å². The monoisotopic (exact) mass is 291 g/mol. The largest absolute Gasteiger partial charge is 0.410 e. The summed E-state index contributed by atoms with van der Waals surface area (Å²) in [5, 5.41) is 0. The van der Waals surface area contributed by atoms with Crippen LogP contribution in [0, 0.1) is 0 Å². The van der Waals surface area contributed by atoms with Crippen molar-refractivity contribution in [3.05, 3.63) is 35.4 Å². The molecule has 0 N–H and O–H groups in total. The average molecular weight is 292 g/mol. The molecule has 0 spiro atoms. The Morgan fingerprint density at radius 1 is 1.10 bits per heavy atom. The van der Waals surface area contributed by atoms with Gasteiger partial charge in [0, 0.05) is 0 Å². The van der Waals surface area contributed by atoms with Crippen LogP contribution in [0.1, 0.15) is 70.6 Å². The molecule has 0 heterocycles. The normalized spacial score (nSPS) is 13.8. The summed E-state index contributed by atoms with van der Waals surface area (Å²) >= 11 is 0. The fourth-order valence-corrected chi connectivity index (χ4v) is 3.42. The van der Waals surface area contributed by atoms with E-state index in [0.29, 0.717) is 0 Å². The van der Waals surface area contributed by atoms with E-state index in [9.17, 15) is 0 Å². The van der Waals surface area contributed by atoms with Crippen molar-refractivity contribution in [1.29, 1.82) is 0 Å². The van der Waals surface area contributed by atoms with E-state index in [0.717, 1.165) is 6.42 Å². The zero-order valence-corrected chi connectivity index (χ0v) is 15.1. The topological polar surface area (TPSA) is 9.23 Å². The Morgan fingerprint density at radius 2 is 1.75 bits per heavy atom. The highest BCUT2D eigenvalue weighted by Gasteiger charge is 2.23. The van der Waals surface area contributed by atoms with Crippen LogP contribution >= 0.6 is 0 Å².